The minimum Gasteiger partial charge on any atom is -0.479 e. The second-order valence-corrected chi connectivity index (χ2v) is 3.31. The van der Waals surface area contributed by atoms with Crippen LogP contribution < -0.4 is 0 Å². The van der Waals surface area contributed by atoms with Gasteiger partial charge in [-0.15, -0.1) is 0 Å². The number of hydrogen-bond acceptors (Lipinski definition) is 1. The van der Waals surface area contributed by atoms with Crippen molar-refractivity contribution in [3.63, 3.8) is 0 Å². The third-order valence-electron chi connectivity index (χ3n) is 1.55. The van der Waals surface area contributed by atoms with E-state index in [9.17, 15) is 18.0 Å². The van der Waals surface area contributed by atoms with Gasteiger partial charge < -0.3 is 5.11 Å². The summed E-state index contributed by atoms with van der Waals surface area (Å²) in [6.07, 6.45) is -2.58. The van der Waals surface area contributed by atoms with Crippen molar-refractivity contribution in [3.8, 4) is 0 Å². The monoisotopic (exact) mass is 268 g/mol. The van der Waals surface area contributed by atoms with E-state index >= 15 is 0 Å². The maximum atomic E-state index is 13.0. The fraction of sp³-hybridized carbons (Fsp3) is 0.125. The van der Waals surface area contributed by atoms with Crippen molar-refractivity contribution in [2.75, 3.05) is 0 Å². The van der Waals surface area contributed by atoms with Crippen molar-refractivity contribution in [1.82, 2.24) is 0 Å². The van der Waals surface area contributed by atoms with E-state index in [2.05, 4.69) is 15.9 Å². The number of aliphatic carboxylic acids is 1. The Kier molecular flexibility index (Phi) is 3.15. The summed E-state index contributed by atoms with van der Waals surface area (Å²) >= 11 is 2.74. The number of rotatable bonds is 2. The zero-order valence-corrected chi connectivity index (χ0v) is 8.19. The van der Waals surface area contributed by atoms with Crippen LogP contribution in [0.2, 0.25) is 0 Å². The van der Waals surface area contributed by atoms with E-state index in [1.54, 1.807) is 0 Å². The van der Waals surface area contributed by atoms with Crippen LogP contribution in [-0.2, 0) is 4.79 Å². The molecular formula is C8H4BrF3O2. The van der Waals surface area contributed by atoms with Crippen molar-refractivity contribution < 1.29 is 23.1 Å². The van der Waals surface area contributed by atoms with Gasteiger partial charge in [0.15, 0.2) is 11.6 Å². The number of carbonyl (C=O) groups is 1. The smallest absolute Gasteiger partial charge is 0.343 e. The summed E-state index contributed by atoms with van der Waals surface area (Å²) in [5.74, 6) is -4.64. The van der Waals surface area contributed by atoms with Crippen LogP contribution in [0.4, 0.5) is 13.2 Å². The molecule has 0 heterocycles. The first-order chi connectivity index (χ1) is 6.45. The number of alkyl halides is 1. The molecule has 1 atom stereocenters. The number of carboxylic acid groups (broad SMARTS) is 1. The molecular weight excluding hydrogens is 265 g/mol. The standard InChI is InChI=1S/C8H4BrF3O2/c9-3-1-2-4(10)6(11)5(3)7(12)8(13)14/h1-2,7H,(H,13,14). The molecule has 0 fully saturated rings. The molecule has 6 heteroatoms. The van der Waals surface area contributed by atoms with Crippen LogP contribution in [0.25, 0.3) is 0 Å². The summed E-state index contributed by atoms with van der Waals surface area (Å²) in [6.45, 7) is 0. The van der Waals surface area contributed by atoms with E-state index in [0.29, 0.717) is 0 Å². The Labute approximate surface area is 85.5 Å². The molecule has 76 valence electrons. The fourth-order valence-electron chi connectivity index (χ4n) is 0.899. The Morgan fingerprint density at radius 1 is 1.43 bits per heavy atom. The van der Waals surface area contributed by atoms with Crippen LogP contribution in [0, 0.1) is 11.6 Å². The summed E-state index contributed by atoms with van der Waals surface area (Å²) in [5, 5.41) is 8.29. The quantitative estimate of drug-likeness (QED) is 0.838. The second kappa shape index (κ2) is 4.00. The lowest BCUT2D eigenvalue weighted by atomic mass is 10.1. The van der Waals surface area contributed by atoms with Gasteiger partial charge in [0.05, 0.1) is 5.56 Å². The molecule has 0 aromatic heterocycles. The SMILES string of the molecule is O=C(O)C(F)c1c(Br)ccc(F)c1F. The van der Waals surface area contributed by atoms with Crippen LogP contribution in [-0.4, -0.2) is 11.1 Å². The van der Waals surface area contributed by atoms with E-state index < -0.39 is 29.3 Å². The van der Waals surface area contributed by atoms with Crippen LogP contribution in [0.15, 0.2) is 16.6 Å². The third-order valence-corrected chi connectivity index (χ3v) is 2.24. The van der Waals surface area contributed by atoms with E-state index in [1.165, 1.54) is 0 Å². The van der Waals surface area contributed by atoms with Gasteiger partial charge >= 0.3 is 5.97 Å². The van der Waals surface area contributed by atoms with Crippen LogP contribution in [0.1, 0.15) is 11.7 Å². The Balaban J connectivity index is 3.32. The highest BCUT2D eigenvalue weighted by Gasteiger charge is 2.26. The first-order valence-electron chi connectivity index (χ1n) is 3.45. The molecule has 0 aliphatic carbocycles. The van der Waals surface area contributed by atoms with Crippen molar-refractivity contribution in [1.29, 1.82) is 0 Å². The zero-order valence-electron chi connectivity index (χ0n) is 6.60. The van der Waals surface area contributed by atoms with E-state index in [0.717, 1.165) is 12.1 Å². The maximum Gasteiger partial charge on any atom is 0.343 e. The van der Waals surface area contributed by atoms with E-state index in [-0.39, 0.29) is 4.47 Å². The summed E-state index contributed by atoms with van der Waals surface area (Å²) in [4.78, 5) is 10.2. The molecule has 0 spiro atoms. The van der Waals surface area contributed by atoms with Crippen molar-refractivity contribution in [2.24, 2.45) is 0 Å². The molecule has 1 aromatic rings. The average molecular weight is 269 g/mol. The maximum absolute atomic E-state index is 13.0. The summed E-state index contributed by atoms with van der Waals surface area (Å²) in [6, 6.07) is 1.82. The fourth-order valence-corrected chi connectivity index (χ4v) is 1.41. The lowest BCUT2D eigenvalue weighted by molar-refractivity contribution is -0.143. The third kappa shape index (κ3) is 1.89. The molecule has 1 N–H and O–H groups in total. The number of benzene rings is 1. The molecule has 0 saturated heterocycles. The van der Waals surface area contributed by atoms with E-state index in [4.69, 9.17) is 5.11 Å². The number of halogens is 4. The van der Waals surface area contributed by atoms with Gasteiger partial charge in [-0.3, -0.25) is 0 Å². The van der Waals surface area contributed by atoms with Gasteiger partial charge in [0, 0.05) is 4.47 Å². The normalized spacial score (nSPS) is 12.6. The Hall–Kier alpha value is -1.04. The first kappa shape index (κ1) is 11.0. The van der Waals surface area contributed by atoms with Crippen molar-refractivity contribution >= 4 is 21.9 Å². The highest BCUT2D eigenvalue weighted by Crippen LogP contribution is 2.30. The number of hydrogen-bond donors (Lipinski definition) is 1. The molecule has 1 unspecified atom stereocenters. The molecule has 0 saturated carbocycles. The number of carboxylic acids is 1. The molecule has 2 nitrogen and oxygen atoms in total. The molecule has 1 aromatic carbocycles. The Bertz CT molecular complexity index is 381. The van der Waals surface area contributed by atoms with Crippen LogP contribution >= 0.6 is 15.9 Å². The van der Waals surface area contributed by atoms with Crippen molar-refractivity contribution in [3.05, 3.63) is 33.8 Å². The van der Waals surface area contributed by atoms with E-state index in [1.807, 2.05) is 0 Å². The predicted octanol–water partition coefficient (Wildman–Crippen LogP) is 2.82. The van der Waals surface area contributed by atoms with Gasteiger partial charge in [0.2, 0.25) is 6.17 Å². The minimum absolute atomic E-state index is 0.119. The lowest BCUT2D eigenvalue weighted by Crippen LogP contribution is -2.10. The van der Waals surface area contributed by atoms with Crippen LogP contribution in [0.5, 0.6) is 0 Å². The topological polar surface area (TPSA) is 37.3 Å². The van der Waals surface area contributed by atoms with Gasteiger partial charge in [-0.05, 0) is 12.1 Å². The molecule has 0 aliphatic rings. The van der Waals surface area contributed by atoms with Crippen molar-refractivity contribution in [2.45, 2.75) is 6.17 Å². The Morgan fingerprint density at radius 2 is 2.00 bits per heavy atom. The average Bonchev–Trinajstić information content (AvgIpc) is 2.12. The second-order valence-electron chi connectivity index (χ2n) is 2.46. The Morgan fingerprint density at radius 3 is 2.50 bits per heavy atom. The van der Waals surface area contributed by atoms with Crippen LogP contribution in [0.3, 0.4) is 0 Å². The summed E-state index contributed by atoms with van der Waals surface area (Å²) < 4.78 is 38.4. The van der Waals surface area contributed by atoms with Gasteiger partial charge in [-0.1, -0.05) is 15.9 Å². The first-order valence-corrected chi connectivity index (χ1v) is 4.24. The minimum atomic E-state index is -2.58. The summed E-state index contributed by atoms with van der Waals surface area (Å²) in [5.41, 5.74) is -0.836. The molecule has 14 heavy (non-hydrogen) atoms. The lowest BCUT2D eigenvalue weighted by Gasteiger charge is -2.07. The molecule has 0 amide bonds. The van der Waals surface area contributed by atoms with Gasteiger partial charge in [-0.25, -0.2) is 18.0 Å². The molecule has 0 bridgehead atoms. The predicted molar refractivity (Wildman–Crippen MR) is 45.5 cm³/mol. The highest BCUT2D eigenvalue weighted by atomic mass is 79.9. The largest absolute Gasteiger partial charge is 0.479 e. The highest BCUT2D eigenvalue weighted by molar-refractivity contribution is 9.10. The molecule has 0 radical (unpaired) electrons. The molecule has 0 aliphatic heterocycles. The van der Waals surface area contributed by atoms with Gasteiger partial charge in [0.1, 0.15) is 0 Å². The summed E-state index contributed by atoms with van der Waals surface area (Å²) in [7, 11) is 0. The zero-order chi connectivity index (χ0) is 10.9. The van der Waals surface area contributed by atoms with Gasteiger partial charge in [-0.2, -0.15) is 0 Å². The molecule has 1 rings (SSSR count). The van der Waals surface area contributed by atoms with Gasteiger partial charge in [0.25, 0.3) is 0 Å².